The number of rotatable bonds is 9. The van der Waals surface area contributed by atoms with Gasteiger partial charge in [-0.25, -0.2) is 0 Å². The maximum Gasteiger partial charge on any atom is 0.210 e. The van der Waals surface area contributed by atoms with Gasteiger partial charge in [0, 0.05) is 4.92 Å². The van der Waals surface area contributed by atoms with Crippen molar-refractivity contribution < 1.29 is 23.9 Å². The number of ketones is 1. The van der Waals surface area contributed by atoms with E-state index in [9.17, 15) is 14.9 Å². The van der Waals surface area contributed by atoms with Crippen molar-refractivity contribution in [3.63, 3.8) is 0 Å². The van der Waals surface area contributed by atoms with Gasteiger partial charge < -0.3 is 14.2 Å². The molecule has 7 heteroatoms. The molecule has 2 aromatic carbocycles. The summed E-state index contributed by atoms with van der Waals surface area (Å²) in [6.45, 7) is 1.85. The van der Waals surface area contributed by atoms with Crippen LogP contribution >= 0.6 is 0 Å². The molecule has 2 aliphatic heterocycles. The summed E-state index contributed by atoms with van der Waals surface area (Å²) in [4.78, 5) is 23.2. The number of carbonyl (C=O) groups is 1. The Bertz CT molecular complexity index is 874. The zero-order chi connectivity index (χ0) is 21.1. The van der Waals surface area contributed by atoms with E-state index in [2.05, 4.69) is 0 Å². The second kappa shape index (κ2) is 9.04. The molecule has 158 valence electrons. The van der Waals surface area contributed by atoms with Gasteiger partial charge in [-0.05, 0) is 18.1 Å². The fraction of sp³-hybridized carbons (Fsp3) is 0.435. The third-order valence-electron chi connectivity index (χ3n) is 5.92. The van der Waals surface area contributed by atoms with Crippen molar-refractivity contribution in [2.75, 3.05) is 6.54 Å². The molecule has 0 N–H and O–H groups in total. The molecule has 2 heterocycles. The smallest absolute Gasteiger partial charge is 0.210 e. The van der Waals surface area contributed by atoms with Crippen LogP contribution in [0.2, 0.25) is 0 Å². The normalized spacial score (nSPS) is 29.8. The molecule has 0 amide bonds. The van der Waals surface area contributed by atoms with E-state index in [1.54, 1.807) is 0 Å². The first-order valence-corrected chi connectivity index (χ1v) is 10.1. The molecule has 2 fully saturated rings. The lowest BCUT2D eigenvalue weighted by Gasteiger charge is -2.35. The number of hydrogen-bond donors (Lipinski definition) is 0. The molecule has 0 radical (unpaired) electrons. The highest BCUT2D eigenvalue weighted by molar-refractivity contribution is 5.80. The van der Waals surface area contributed by atoms with Gasteiger partial charge in [0.2, 0.25) is 6.54 Å². The van der Waals surface area contributed by atoms with Crippen LogP contribution in [0.15, 0.2) is 60.7 Å². The molecule has 2 bridgehead atoms. The summed E-state index contributed by atoms with van der Waals surface area (Å²) in [6, 6.07) is 19.4. The number of fused-ring (bicyclic) bond motifs is 2. The van der Waals surface area contributed by atoms with Crippen LogP contribution in [-0.2, 0) is 32.2 Å². The van der Waals surface area contributed by atoms with Crippen molar-refractivity contribution in [2.24, 2.45) is 11.8 Å². The van der Waals surface area contributed by atoms with Crippen molar-refractivity contribution in [3.05, 3.63) is 81.9 Å². The van der Waals surface area contributed by atoms with Gasteiger partial charge in [-0.2, -0.15) is 0 Å². The van der Waals surface area contributed by atoms with E-state index in [4.69, 9.17) is 14.2 Å². The van der Waals surface area contributed by atoms with Crippen LogP contribution in [0.1, 0.15) is 18.1 Å². The maximum atomic E-state index is 12.3. The predicted molar refractivity (Wildman–Crippen MR) is 108 cm³/mol. The number of hydrogen-bond acceptors (Lipinski definition) is 6. The largest absolute Gasteiger partial charge is 0.368 e. The predicted octanol–water partition coefficient (Wildman–Crippen LogP) is 3.04. The number of nitro groups is 1. The second-order valence-electron chi connectivity index (χ2n) is 7.90. The minimum atomic E-state index is -0.558. The molecule has 7 nitrogen and oxygen atoms in total. The highest BCUT2D eigenvalue weighted by Gasteiger charge is 2.63. The van der Waals surface area contributed by atoms with E-state index in [1.165, 1.54) is 6.92 Å². The van der Waals surface area contributed by atoms with Gasteiger partial charge in [-0.3, -0.25) is 14.9 Å². The first-order valence-electron chi connectivity index (χ1n) is 10.1. The third-order valence-corrected chi connectivity index (χ3v) is 5.92. The number of Topliss-reactive ketones (excluding diaryl/α,β-unsaturated/α-hetero) is 1. The molecule has 2 aromatic rings. The molecule has 0 aliphatic carbocycles. The summed E-state index contributed by atoms with van der Waals surface area (Å²) in [6.07, 6.45) is -2.02. The van der Waals surface area contributed by atoms with Crippen LogP contribution in [0, 0.1) is 22.0 Å². The molecule has 30 heavy (non-hydrogen) atoms. The molecule has 0 spiro atoms. The third kappa shape index (κ3) is 4.28. The Kier molecular flexibility index (Phi) is 6.22. The lowest BCUT2D eigenvalue weighted by molar-refractivity contribution is -0.491. The highest BCUT2D eigenvalue weighted by atomic mass is 16.6. The topological polar surface area (TPSA) is 87.9 Å². The van der Waals surface area contributed by atoms with Crippen LogP contribution in [-0.4, -0.2) is 41.7 Å². The van der Waals surface area contributed by atoms with Gasteiger partial charge in [0.05, 0.1) is 37.3 Å². The minimum absolute atomic E-state index is 0.107. The number of ether oxygens (including phenoxy) is 3. The van der Waals surface area contributed by atoms with Gasteiger partial charge >= 0.3 is 0 Å². The van der Waals surface area contributed by atoms with Crippen molar-refractivity contribution in [1.82, 2.24) is 0 Å². The monoisotopic (exact) mass is 411 g/mol. The Morgan fingerprint density at radius 1 is 0.933 bits per heavy atom. The first-order chi connectivity index (χ1) is 14.5. The molecule has 0 unspecified atom stereocenters. The molecular weight excluding hydrogens is 386 g/mol. The summed E-state index contributed by atoms with van der Waals surface area (Å²) in [5, 5.41) is 11.2. The molecular formula is C23H25NO6. The zero-order valence-corrected chi connectivity index (χ0v) is 16.8. The van der Waals surface area contributed by atoms with Gasteiger partial charge in [0.25, 0.3) is 0 Å². The van der Waals surface area contributed by atoms with Crippen LogP contribution in [0.5, 0.6) is 0 Å². The molecule has 0 aromatic heterocycles. The van der Waals surface area contributed by atoms with Crippen LogP contribution in [0.25, 0.3) is 0 Å². The van der Waals surface area contributed by atoms with Crippen molar-refractivity contribution in [2.45, 2.75) is 44.6 Å². The summed E-state index contributed by atoms with van der Waals surface area (Å²) in [5.74, 6) is -1.18. The number of carbonyl (C=O) groups excluding carboxylic acids is 1. The quantitative estimate of drug-likeness (QED) is 0.466. The molecule has 4 rings (SSSR count). The van der Waals surface area contributed by atoms with E-state index in [0.29, 0.717) is 13.2 Å². The molecule has 6 atom stereocenters. The van der Waals surface area contributed by atoms with Gasteiger partial charge in [-0.1, -0.05) is 60.7 Å². The number of benzene rings is 2. The van der Waals surface area contributed by atoms with Gasteiger partial charge in [0.15, 0.2) is 0 Å². The Hall–Kier alpha value is -2.61. The van der Waals surface area contributed by atoms with Crippen LogP contribution in [0.4, 0.5) is 0 Å². The van der Waals surface area contributed by atoms with Crippen LogP contribution < -0.4 is 0 Å². The second-order valence-corrected chi connectivity index (χ2v) is 7.90. The summed E-state index contributed by atoms with van der Waals surface area (Å²) < 4.78 is 18.5. The molecule has 0 saturated carbocycles. The fourth-order valence-corrected chi connectivity index (χ4v) is 4.63. The first kappa shape index (κ1) is 20.7. The minimum Gasteiger partial charge on any atom is -0.368 e. The lowest BCUT2D eigenvalue weighted by atomic mass is 9.74. The SMILES string of the molecule is CC(=O)[C@H]1[C@H](C[N+](=O)[O-])[C@@H]2O[C@H]1[C@H](OCc1ccccc1)[C@H]2OCc1ccccc1. The Balaban J connectivity index is 1.54. The summed E-state index contributed by atoms with van der Waals surface area (Å²) in [7, 11) is 0. The molecule has 2 aliphatic rings. The van der Waals surface area contributed by atoms with Crippen molar-refractivity contribution in [3.8, 4) is 0 Å². The van der Waals surface area contributed by atoms with Crippen LogP contribution in [0.3, 0.4) is 0 Å². The van der Waals surface area contributed by atoms with E-state index in [1.807, 2.05) is 60.7 Å². The average molecular weight is 411 g/mol. The van der Waals surface area contributed by atoms with E-state index >= 15 is 0 Å². The van der Waals surface area contributed by atoms with E-state index < -0.39 is 36.3 Å². The molecule has 2 saturated heterocycles. The van der Waals surface area contributed by atoms with Crippen molar-refractivity contribution >= 4 is 5.78 Å². The fourth-order valence-electron chi connectivity index (χ4n) is 4.63. The summed E-state index contributed by atoms with van der Waals surface area (Å²) >= 11 is 0. The summed E-state index contributed by atoms with van der Waals surface area (Å²) in [5.41, 5.74) is 2.00. The Labute approximate surface area is 175 Å². The van der Waals surface area contributed by atoms with Gasteiger partial charge in [0.1, 0.15) is 18.0 Å². The van der Waals surface area contributed by atoms with Gasteiger partial charge in [-0.15, -0.1) is 0 Å². The number of nitrogens with zero attached hydrogens (tertiary/aromatic N) is 1. The average Bonchev–Trinajstić information content (AvgIpc) is 3.27. The van der Waals surface area contributed by atoms with Crippen molar-refractivity contribution in [1.29, 1.82) is 0 Å². The lowest BCUT2D eigenvalue weighted by Crippen LogP contribution is -2.52. The Morgan fingerprint density at radius 3 is 1.90 bits per heavy atom. The maximum absolute atomic E-state index is 12.3. The standard InChI is InChI=1S/C23H25NO6/c1-15(25)19-18(12-24(26)27)20-22(28-13-16-8-4-2-5-9-16)23(21(19)30-20)29-14-17-10-6-3-7-11-17/h2-11,18-23H,12-14H2,1H3/t18-,19-,20-,21+,22-,23-/m0/s1. The van der Waals surface area contributed by atoms with E-state index in [0.717, 1.165) is 11.1 Å². The van der Waals surface area contributed by atoms with E-state index in [-0.39, 0.29) is 17.3 Å². The Morgan fingerprint density at radius 2 is 1.43 bits per heavy atom. The zero-order valence-electron chi connectivity index (χ0n) is 16.8. The highest BCUT2D eigenvalue weighted by Crippen LogP contribution is 2.47.